The molecule has 0 saturated heterocycles. The van der Waals surface area contributed by atoms with Crippen LogP contribution >= 0.6 is 0 Å². The number of amides is 1. The smallest absolute Gasteiger partial charge is 0.258 e. The van der Waals surface area contributed by atoms with Crippen LogP contribution < -0.4 is 5.32 Å². The summed E-state index contributed by atoms with van der Waals surface area (Å²) in [6.07, 6.45) is 0. The van der Waals surface area contributed by atoms with Crippen LogP contribution in [0.3, 0.4) is 0 Å². The highest BCUT2D eigenvalue weighted by Gasteiger charge is 2.11. The van der Waals surface area contributed by atoms with Crippen molar-refractivity contribution in [2.45, 2.75) is 6.92 Å². The maximum Gasteiger partial charge on any atom is 0.258 e. The highest BCUT2D eigenvalue weighted by atomic mass is 19.1. The van der Waals surface area contributed by atoms with E-state index in [2.05, 4.69) is 5.32 Å². The van der Waals surface area contributed by atoms with Gasteiger partial charge in [0, 0.05) is 5.69 Å². The molecule has 0 bridgehead atoms. The van der Waals surface area contributed by atoms with E-state index in [0.717, 1.165) is 0 Å². The molecule has 1 N–H and O–H groups in total. The molecule has 4 heteroatoms. The second kappa shape index (κ2) is 4.96. The summed E-state index contributed by atoms with van der Waals surface area (Å²) in [5.41, 5.74) is 0.712. The van der Waals surface area contributed by atoms with E-state index in [0.29, 0.717) is 11.3 Å². The highest BCUT2D eigenvalue weighted by molar-refractivity contribution is 6.04. The van der Waals surface area contributed by atoms with Gasteiger partial charge in [0.2, 0.25) is 0 Å². The van der Waals surface area contributed by atoms with Crippen LogP contribution in [0.15, 0.2) is 42.5 Å². The minimum absolute atomic E-state index is 0.0708. The second-order valence-corrected chi connectivity index (χ2v) is 3.90. The van der Waals surface area contributed by atoms with Gasteiger partial charge in [-0.15, -0.1) is 0 Å². The van der Waals surface area contributed by atoms with Gasteiger partial charge in [-0.2, -0.15) is 0 Å². The first-order valence-electron chi connectivity index (χ1n) is 5.40. The topological polar surface area (TPSA) is 29.1 Å². The van der Waals surface area contributed by atoms with E-state index in [1.807, 2.05) is 0 Å². The molecule has 2 aromatic carbocycles. The molecule has 18 heavy (non-hydrogen) atoms. The molecule has 0 heterocycles. The van der Waals surface area contributed by atoms with Gasteiger partial charge >= 0.3 is 0 Å². The van der Waals surface area contributed by atoms with Crippen molar-refractivity contribution in [1.29, 1.82) is 0 Å². The Kier molecular flexibility index (Phi) is 3.37. The number of hydrogen-bond donors (Lipinski definition) is 1. The fourth-order valence-corrected chi connectivity index (χ4v) is 1.51. The van der Waals surface area contributed by atoms with Crippen molar-refractivity contribution in [2.75, 3.05) is 5.32 Å². The maximum absolute atomic E-state index is 13.4. The van der Waals surface area contributed by atoms with Crippen LogP contribution in [0.25, 0.3) is 0 Å². The van der Waals surface area contributed by atoms with Crippen molar-refractivity contribution >= 4 is 11.6 Å². The SMILES string of the molecule is Cc1ccc(NC(=O)c2ccccc2F)cc1F. The average molecular weight is 247 g/mol. The molecule has 0 aliphatic carbocycles. The quantitative estimate of drug-likeness (QED) is 0.864. The summed E-state index contributed by atoms with van der Waals surface area (Å²) in [4.78, 5) is 11.8. The van der Waals surface area contributed by atoms with Gasteiger partial charge in [0.1, 0.15) is 11.6 Å². The van der Waals surface area contributed by atoms with Crippen LogP contribution in [0.2, 0.25) is 0 Å². The number of anilines is 1. The first-order chi connectivity index (χ1) is 8.58. The lowest BCUT2D eigenvalue weighted by Crippen LogP contribution is -2.13. The Morgan fingerprint density at radius 2 is 1.78 bits per heavy atom. The Balaban J connectivity index is 2.22. The number of carbonyl (C=O) groups is 1. The fourth-order valence-electron chi connectivity index (χ4n) is 1.51. The van der Waals surface area contributed by atoms with Gasteiger partial charge in [-0.05, 0) is 36.8 Å². The van der Waals surface area contributed by atoms with Gasteiger partial charge in [0.05, 0.1) is 5.56 Å². The minimum Gasteiger partial charge on any atom is -0.322 e. The Bertz CT molecular complexity index is 596. The number of nitrogens with one attached hydrogen (secondary N) is 1. The molecule has 0 saturated carbocycles. The van der Waals surface area contributed by atoms with Gasteiger partial charge in [0.15, 0.2) is 0 Å². The van der Waals surface area contributed by atoms with E-state index < -0.39 is 17.5 Å². The Morgan fingerprint density at radius 3 is 2.44 bits per heavy atom. The van der Waals surface area contributed by atoms with E-state index in [1.54, 1.807) is 25.1 Å². The zero-order valence-corrected chi connectivity index (χ0v) is 9.71. The van der Waals surface area contributed by atoms with Gasteiger partial charge in [-0.1, -0.05) is 18.2 Å². The van der Waals surface area contributed by atoms with Crippen LogP contribution in [0.4, 0.5) is 14.5 Å². The molecule has 0 unspecified atom stereocenters. The van der Waals surface area contributed by atoms with E-state index in [1.165, 1.54) is 24.3 Å². The Morgan fingerprint density at radius 1 is 1.06 bits per heavy atom. The Hall–Kier alpha value is -2.23. The first kappa shape index (κ1) is 12.2. The standard InChI is InChI=1S/C14H11F2NO/c1-9-6-7-10(8-13(9)16)17-14(18)11-4-2-3-5-12(11)15/h2-8H,1H3,(H,17,18). The number of carbonyl (C=O) groups excluding carboxylic acids is 1. The molecular formula is C14H11F2NO. The van der Waals surface area contributed by atoms with Gasteiger partial charge in [-0.3, -0.25) is 4.79 Å². The van der Waals surface area contributed by atoms with Crippen molar-refractivity contribution < 1.29 is 13.6 Å². The van der Waals surface area contributed by atoms with E-state index in [4.69, 9.17) is 0 Å². The number of aryl methyl sites for hydroxylation is 1. The average Bonchev–Trinajstić information content (AvgIpc) is 2.34. The summed E-state index contributed by atoms with van der Waals surface area (Å²) < 4.78 is 26.6. The van der Waals surface area contributed by atoms with Crippen molar-refractivity contribution in [1.82, 2.24) is 0 Å². The van der Waals surface area contributed by atoms with Crippen LogP contribution in [-0.2, 0) is 0 Å². The highest BCUT2D eigenvalue weighted by Crippen LogP contribution is 2.15. The number of hydrogen-bond acceptors (Lipinski definition) is 1. The van der Waals surface area contributed by atoms with Crippen molar-refractivity contribution in [3.05, 3.63) is 65.2 Å². The predicted octanol–water partition coefficient (Wildman–Crippen LogP) is 3.53. The van der Waals surface area contributed by atoms with Crippen LogP contribution in [-0.4, -0.2) is 5.91 Å². The molecule has 0 aliphatic heterocycles. The van der Waals surface area contributed by atoms with Crippen LogP contribution in [0.1, 0.15) is 15.9 Å². The zero-order chi connectivity index (χ0) is 13.1. The van der Waals surface area contributed by atoms with Gasteiger partial charge < -0.3 is 5.32 Å². The predicted molar refractivity (Wildman–Crippen MR) is 65.5 cm³/mol. The molecule has 2 aromatic rings. The molecule has 0 fully saturated rings. The number of halogens is 2. The monoisotopic (exact) mass is 247 g/mol. The summed E-state index contributed by atoms with van der Waals surface area (Å²) in [6.45, 7) is 1.62. The van der Waals surface area contributed by atoms with Gasteiger partial charge in [0.25, 0.3) is 5.91 Å². The number of rotatable bonds is 2. The summed E-state index contributed by atoms with van der Waals surface area (Å²) in [6, 6.07) is 9.95. The maximum atomic E-state index is 13.4. The Labute approximate surface area is 103 Å². The minimum atomic E-state index is -0.609. The third-order valence-electron chi connectivity index (χ3n) is 2.55. The summed E-state index contributed by atoms with van der Waals surface area (Å²) in [5, 5.41) is 2.45. The van der Waals surface area contributed by atoms with E-state index in [-0.39, 0.29) is 5.56 Å². The molecule has 92 valence electrons. The normalized spacial score (nSPS) is 10.2. The van der Waals surface area contributed by atoms with Crippen LogP contribution in [0.5, 0.6) is 0 Å². The molecule has 0 spiro atoms. The molecule has 1 amide bonds. The van der Waals surface area contributed by atoms with Crippen molar-refractivity contribution in [2.24, 2.45) is 0 Å². The first-order valence-corrected chi connectivity index (χ1v) is 5.40. The summed E-state index contributed by atoms with van der Waals surface area (Å²) in [7, 11) is 0. The largest absolute Gasteiger partial charge is 0.322 e. The number of benzene rings is 2. The van der Waals surface area contributed by atoms with E-state index in [9.17, 15) is 13.6 Å². The summed E-state index contributed by atoms with van der Waals surface area (Å²) >= 11 is 0. The third-order valence-corrected chi connectivity index (χ3v) is 2.55. The lowest BCUT2D eigenvalue weighted by atomic mass is 10.1. The third kappa shape index (κ3) is 2.53. The molecule has 2 rings (SSSR count). The zero-order valence-electron chi connectivity index (χ0n) is 9.71. The second-order valence-electron chi connectivity index (χ2n) is 3.90. The summed E-state index contributed by atoms with van der Waals surface area (Å²) in [5.74, 6) is -1.62. The van der Waals surface area contributed by atoms with Crippen molar-refractivity contribution in [3.8, 4) is 0 Å². The van der Waals surface area contributed by atoms with E-state index >= 15 is 0 Å². The molecule has 2 nitrogen and oxygen atoms in total. The van der Waals surface area contributed by atoms with Crippen LogP contribution in [0, 0.1) is 18.6 Å². The fraction of sp³-hybridized carbons (Fsp3) is 0.0714. The molecular weight excluding hydrogens is 236 g/mol. The van der Waals surface area contributed by atoms with Gasteiger partial charge in [-0.25, -0.2) is 8.78 Å². The molecule has 0 aromatic heterocycles. The lowest BCUT2D eigenvalue weighted by Gasteiger charge is -2.07. The molecule has 0 atom stereocenters. The molecule has 0 aliphatic rings. The molecule has 0 radical (unpaired) electrons. The lowest BCUT2D eigenvalue weighted by molar-refractivity contribution is 0.102. The van der Waals surface area contributed by atoms with Crippen molar-refractivity contribution in [3.63, 3.8) is 0 Å².